The fraction of sp³-hybridized carbons (Fsp3) is 0.250. The monoisotopic (exact) mass is 335 g/mol. The van der Waals surface area contributed by atoms with E-state index in [4.69, 9.17) is 4.52 Å². The number of benzene rings is 2. The highest BCUT2D eigenvalue weighted by Gasteiger charge is 2.15. The average molecular weight is 335 g/mol. The lowest BCUT2D eigenvalue weighted by molar-refractivity contribution is -0.121. The molecule has 1 heterocycles. The van der Waals surface area contributed by atoms with Gasteiger partial charge in [0, 0.05) is 25.3 Å². The Kier molecular flexibility index (Phi) is 5.57. The second-order valence-electron chi connectivity index (χ2n) is 5.91. The minimum absolute atomic E-state index is 0.0206. The number of aryl methyl sites for hydroxylation is 2. The van der Waals surface area contributed by atoms with E-state index in [0.717, 1.165) is 0 Å². The van der Waals surface area contributed by atoms with Crippen molar-refractivity contribution in [2.24, 2.45) is 0 Å². The first-order chi connectivity index (χ1) is 12.2. The number of hydrogen-bond acceptors (Lipinski definition) is 4. The van der Waals surface area contributed by atoms with Crippen LogP contribution in [0.15, 0.2) is 65.2 Å². The molecule has 2 aromatic carbocycles. The number of amides is 1. The van der Waals surface area contributed by atoms with Crippen LogP contribution in [-0.4, -0.2) is 22.6 Å². The minimum atomic E-state index is -0.0206. The molecule has 1 amide bonds. The van der Waals surface area contributed by atoms with Crippen LogP contribution in [0.5, 0.6) is 0 Å². The number of nitrogens with zero attached hydrogens (tertiary/aromatic N) is 2. The van der Waals surface area contributed by atoms with Crippen LogP contribution < -0.4 is 5.32 Å². The lowest BCUT2D eigenvalue weighted by Crippen LogP contribution is -2.29. The molecular weight excluding hydrogens is 314 g/mol. The maximum absolute atomic E-state index is 12.2. The van der Waals surface area contributed by atoms with Gasteiger partial charge in [0.25, 0.3) is 0 Å². The molecule has 1 N–H and O–H groups in total. The Balaban J connectivity index is 1.61. The lowest BCUT2D eigenvalue weighted by atomic mass is 9.91. The topological polar surface area (TPSA) is 68.0 Å². The van der Waals surface area contributed by atoms with Crippen molar-refractivity contribution in [2.45, 2.75) is 25.7 Å². The zero-order valence-corrected chi connectivity index (χ0v) is 14.2. The molecule has 0 bridgehead atoms. The van der Waals surface area contributed by atoms with Gasteiger partial charge in [-0.2, -0.15) is 4.98 Å². The molecule has 0 aliphatic carbocycles. The largest absolute Gasteiger partial charge is 0.355 e. The third-order valence-corrected chi connectivity index (χ3v) is 4.04. The van der Waals surface area contributed by atoms with Crippen molar-refractivity contribution in [3.63, 3.8) is 0 Å². The Bertz CT molecular complexity index is 761. The fourth-order valence-corrected chi connectivity index (χ4v) is 2.77. The maximum atomic E-state index is 12.2. The van der Waals surface area contributed by atoms with E-state index in [2.05, 4.69) is 39.7 Å². The molecule has 0 unspecified atom stereocenters. The van der Waals surface area contributed by atoms with E-state index >= 15 is 0 Å². The molecule has 0 aliphatic rings. The summed E-state index contributed by atoms with van der Waals surface area (Å²) in [5.74, 6) is 1.18. The van der Waals surface area contributed by atoms with Gasteiger partial charge in [0.15, 0.2) is 5.82 Å². The first kappa shape index (κ1) is 16.9. The summed E-state index contributed by atoms with van der Waals surface area (Å²) in [6.45, 7) is 2.31. The minimum Gasteiger partial charge on any atom is -0.355 e. The van der Waals surface area contributed by atoms with Crippen molar-refractivity contribution in [2.75, 3.05) is 6.54 Å². The number of rotatable bonds is 7. The Morgan fingerprint density at radius 1 is 1.04 bits per heavy atom. The number of nitrogens with one attached hydrogen (secondary N) is 1. The summed E-state index contributed by atoms with van der Waals surface area (Å²) in [4.78, 5) is 16.3. The highest BCUT2D eigenvalue weighted by Crippen LogP contribution is 2.23. The number of carbonyl (C=O) groups is 1. The van der Waals surface area contributed by atoms with Gasteiger partial charge in [-0.3, -0.25) is 4.79 Å². The normalized spacial score (nSPS) is 10.8. The molecule has 5 nitrogen and oxygen atoms in total. The van der Waals surface area contributed by atoms with Gasteiger partial charge in [0.05, 0.1) is 0 Å². The molecule has 1 aromatic heterocycles. The van der Waals surface area contributed by atoms with Crippen LogP contribution in [0.1, 0.15) is 35.2 Å². The van der Waals surface area contributed by atoms with E-state index in [0.29, 0.717) is 31.1 Å². The summed E-state index contributed by atoms with van der Waals surface area (Å²) >= 11 is 0. The number of carbonyl (C=O) groups excluding carboxylic acids is 1. The van der Waals surface area contributed by atoms with Crippen molar-refractivity contribution < 1.29 is 9.32 Å². The van der Waals surface area contributed by atoms with E-state index in [1.165, 1.54) is 11.1 Å². The Hall–Kier alpha value is -2.95. The summed E-state index contributed by atoms with van der Waals surface area (Å²) in [6, 6.07) is 20.4. The molecule has 0 atom stereocenters. The van der Waals surface area contributed by atoms with Gasteiger partial charge in [0.1, 0.15) is 0 Å². The Morgan fingerprint density at radius 3 is 2.16 bits per heavy atom. The zero-order valence-electron chi connectivity index (χ0n) is 14.2. The molecule has 25 heavy (non-hydrogen) atoms. The summed E-state index contributed by atoms with van der Waals surface area (Å²) < 4.78 is 5.04. The van der Waals surface area contributed by atoms with E-state index < -0.39 is 0 Å². The molecule has 3 aromatic rings. The first-order valence-corrected chi connectivity index (χ1v) is 8.38. The molecule has 0 aliphatic heterocycles. The molecule has 0 spiro atoms. The standard InChI is InChI=1S/C20H21N3O2/c1-15-22-20(25-23-15)13-12-19(24)21-14-18(16-8-4-2-5-9-16)17-10-6-3-7-11-17/h2-11,18H,12-14H2,1H3,(H,21,24). The summed E-state index contributed by atoms with van der Waals surface area (Å²) in [7, 11) is 0. The van der Waals surface area contributed by atoms with Crippen molar-refractivity contribution in [3.05, 3.63) is 83.5 Å². The van der Waals surface area contributed by atoms with Crippen LogP contribution in [-0.2, 0) is 11.2 Å². The van der Waals surface area contributed by atoms with Crippen LogP contribution in [0, 0.1) is 6.92 Å². The molecule has 128 valence electrons. The van der Waals surface area contributed by atoms with Gasteiger partial charge >= 0.3 is 0 Å². The van der Waals surface area contributed by atoms with E-state index in [1.807, 2.05) is 36.4 Å². The molecule has 3 rings (SSSR count). The van der Waals surface area contributed by atoms with Gasteiger partial charge in [0.2, 0.25) is 11.8 Å². The van der Waals surface area contributed by atoms with E-state index in [9.17, 15) is 4.79 Å². The van der Waals surface area contributed by atoms with E-state index in [-0.39, 0.29) is 11.8 Å². The molecule has 0 saturated heterocycles. The maximum Gasteiger partial charge on any atom is 0.227 e. The number of aromatic nitrogens is 2. The predicted molar refractivity (Wildman–Crippen MR) is 95.1 cm³/mol. The van der Waals surface area contributed by atoms with Gasteiger partial charge in [-0.05, 0) is 18.1 Å². The SMILES string of the molecule is Cc1noc(CCC(=O)NCC(c2ccccc2)c2ccccc2)n1. The molecule has 5 heteroatoms. The van der Waals surface area contributed by atoms with Crippen molar-refractivity contribution in [1.82, 2.24) is 15.5 Å². The molecule has 0 fully saturated rings. The van der Waals surface area contributed by atoms with Gasteiger partial charge in [-0.15, -0.1) is 0 Å². The van der Waals surface area contributed by atoms with Crippen LogP contribution >= 0.6 is 0 Å². The fourth-order valence-electron chi connectivity index (χ4n) is 2.77. The average Bonchev–Trinajstić information content (AvgIpc) is 3.07. The van der Waals surface area contributed by atoms with Crippen LogP contribution in [0.3, 0.4) is 0 Å². The summed E-state index contributed by atoms with van der Waals surface area (Å²) in [6.07, 6.45) is 0.784. The van der Waals surface area contributed by atoms with Gasteiger partial charge in [-0.25, -0.2) is 0 Å². The van der Waals surface area contributed by atoms with Crippen molar-refractivity contribution in [1.29, 1.82) is 0 Å². The summed E-state index contributed by atoms with van der Waals surface area (Å²) in [5, 5.41) is 6.76. The third-order valence-electron chi connectivity index (χ3n) is 4.04. The molecule has 0 saturated carbocycles. The van der Waals surface area contributed by atoms with Crippen molar-refractivity contribution in [3.8, 4) is 0 Å². The Morgan fingerprint density at radius 2 is 1.64 bits per heavy atom. The predicted octanol–water partition coefficient (Wildman–Crippen LogP) is 3.26. The van der Waals surface area contributed by atoms with Crippen LogP contribution in [0.2, 0.25) is 0 Å². The van der Waals surface area contributed by atoms with Crippen LogP contribution in [0.4, 0.5) is 0 Å². The second-order valence-corrected chi connectivity index (χ2v) is 5.91. The van der Waals surface area contributed by atoms with Gasteiger partial charge in [-0.1, -0.05) is 65.8 Å². The second kappa shape index (κ2) is 8.24. The lowest BCUT2D eigenvalue weighted by Gasteiger charge is -2.18. The Labute approximate surface area is 147 Å². The smallest absolute Gasteiger partial charge is 0.227 e. The summed E-state index contributed by atoms with van der Waals surface area (Å²) in [5.41, 5.74) is 2.36. The highest BCUT2D eigenvalue weighted by molar-refractivity contribution is 5.76. The van der Waals surface area contributed by atoms with Crippen LogP contribution in [0.25, 0.3) is 0 Å². The van der Waals surface area contributed by atoms with Crippen molar-refractivity contribution >= 4 is 5.91 Å². The zero-order chi connectivity index (χ0) is 17.5. The highest BCUT2D eigenvalue weighted by atomic mass is 16.5. The molecule has 0 radical (unpaired) electrons. The third kappa shape index (κ3) is 4.76. The van der Waals surface area contributed by atoms with E-state index in [1.54, 1.807) is 6.92 Å². The quantitative estimate of drug-likeness (QED) is 0.719. The van der Waals surface area contributed by atoms with Gasteiger partial charge < -0.3 is 9.84 Å². The molecular formula is C20H21N3O2. The number of hydrogen-bond donors (Lipinski definition) is 1. The first-order valence-electron chi connectivity index (χ1n) is 8.38.